The highest BCUT2D eigenvalue weighted by atomic mass is 32.2. The van der Waals surface area contributed by atoms with Crippen LogP contribution in [0.4, 0.5) is 5.69 Å². The lowest BCUT2D eigenvalue weighted by Crippen LogP contribution is -2.54. The van der Waals surface area contributed by atoms with Gasteiger partial charge < -0.3 is 5.11 Å². The molecule has 6 rings (SSSR count). The Bertz CT molecular complexity index is 1390. The van der Waals surface area contributed by atoms with E-state index in [0.29, 0.717) is 28.5 Å². The molecule has 0 bridgehead atoms. The van der Waals surface area contributed by atoms with Gasteiger partial charge in [-0.15, -0.1) is 0 Å². The Morgan fingerprint density at radius 3 is 2.51 bits per heavy atom. The van der Waals surface area contributed by atoms with Crippen molar-refractivity contribution in [2.24, 2.45) is 45.5 Å². The van der Waals surface area contributed by atoms with Crippen molar-refractivity contribution in [1.29, 1.82) is 0 Å². The topological polar surface area (TPSA) is 121 Å². The van der Waals surface area contributed by atoms with E-state index in [9.17, 15) is 13.5 Å². The molecule has 0 unspecified atom stereocenters. The smallest absolute Gasteiger partial charge is 0.244 e. The molecule has 0 saturated heterocycles. The Morgan fingerprint density at radius 1 is 1.03 bits per heavy atom. The Kier molecular flexibility index (Phi) is 6.62. The third-order valence-corrected chi connectivity index (χ3v) is 13.5. The molecular weight excluding hydrogens is 514 g/mol. The van der Waals surface area contributed by atoms with Crippen LogP contribution in [0.2, 0.25) is 0 Å². The van der Waals surface area contributed by atoms with Crippen LogP contribution in [0.25, 0.3) is 11.0 Å². The van der Waals surface area contributed by atoms with E-state index in [4.69, 9.17) is 9.73 Å². The first-order valence-electron chi connectivity index (χ1n) is 14.6. The summed E-state index contributed by atoms with van der Waals surface area (Å²) in [5.74, 6) is 3.37. The number of fused-ring (bicyclic) bond motifs is 6. The maximum absolute atomic E-state index is 12.7. The van der Waals surface area contributed by atoms with E-state index >= 15 is 0 Å². The fraction of sp³-hybridized carbons (Fsp3) is 0.759. The zero-order chi connectivity index (χ0) is 27.7. The van der Waals surface area contributed by atoms with Crippen LogP contribution in [-0.2, 0) is 10.0 Å². The molecule has 1 heterocycles. The number of nitrogens with one attached hydrogen (secondary N) is 1. The molecule has 9 nitrogen and oxygen atoms in total. The van der Waals surface area contributed by atoms with Crippen LogP contribution in [0.3, 0.4) is 0 Å². The van der Waals surface area contributed by atoms with Crippen molar-refractivity contribution >= 4 is 32.5 Å². The predicted octanol–water partition coefficient (Wildman–Crippen LogP) is 5.28. The van der Waals surface area contributed by atoms with Crippen molar-refractivity contribution in [3.63, 3.8) is 0 Å². The average molecular weight is 558 g/mol. The van der Waals surface area contributed by atoms with Gasteiger partial charge in [0, 0.05) is 25.7 Å². The number of hydrogen-bond donors (Lipinski definition) is 2. The van der Waals surface area contributed by atoms with Crippen LogP contribution < -0.4 is 5.43 Å². The first-order chi connectivity index (χ1) is 18.5. The fourth-order valence-corrected chi connectivity index (χ4v) is 10.5. The number of hydrogen-bond acceptors (Lipinski definition) is 8. The average Bonchev–Trinajstić information content (AvgIpc) is 3.52. The molecule has 4 fully saturated rings. The minimum atomic E-state index is -3.69. The summed E-state index contributed by atoms with van der Waals surface area (Å²) >= 11 is 0. The summed E-state index contributed by atoms with van der Waals surface area (Å²) in [6.45, 7) is 7.17. The van der Waals surface area contributed by atoms with E-state index in [0.717, 1.165) is 47.0 Å². The summed E-state index contributed by atoms with van der Waals surface area (Å²) < 4.78 is 31.6. The third-order valence-electron chi connectivity index (χ3n) is 11.6. The molecule has 4 aliphatic rings. The van der Waals surface area contributed by atoms with Crippen molar-refractivity contribution in [2.45, 2.75) is 89.6 Å². The number of anilines is 1. The van der Waals surface area contributed by atoms with E-state index in [1.165, 1.54) is 58.7 Å². The molecule has 2 aromatic rings. The van der Waals surface area contributed by atoms with E-state index in [1.54, 1.807) is 6.07 Å². The molecular formula is C29H43N5O4S. The molecule has 0 spiro atoms. The second-order valence-electron chi connectivity index (χ2n) is 13.5. The van der Waals surface area contributed by atoms with Crippen LogP contribution in [0.15, 0.2) is 26.8 Å². The second kappa shape index (κ2) is 9.52. The number of rotatable bonds is 5. The number of aliphatic hydroxyl groups is 1. The maximum Gasteiger partial charge on any atom is 0.244 e. The summed E-state index contributed by atoms with van der Waals surface area (Å²) in [5.41, 5.74) is 6.02. The number of sulfonamides is 1. The van der Waals surface area contributed by atoms with Crippen molar-refractivity contribution in [3.05, 3.63) is 12.1 Å². The Labute approximate surface area is 231 Å². The zero-order valence-corrected chi connectivity index (χ0v) is 24.7. The number of benzene rings is 1. The van der Waals surface area contributed by atoms with Crippen molar-refractivity contribution in [1.82, 2.24) is 14.6 Å². The van der Waals surface area contributed by atoms with Crippen LogP contribution in [0.5, 0.6) is 0 Å². The van der Waals surface area contributed by atoms with E-state index < -0.39 is 10.0 Å². The van der Waals surface area contributed by atoms with Gasteiger partial charge in [0.25, 0.3) is 0 Å². The van der Waals surface area contributed by atoms with Crippen molar-refractivity contribution in [2.75, 3.05) is 19.5 Å². The highest BCUT2D eigenvalue weighted by molar-refractivity contribution is 7.89. The molecule has 1 aromatic heterocycles. The molecule has 0 aliphatic heterocycles. The van der Waals surface area contributed by atoms with Crippen LogP contribution >= 0.6 is 0 Å². The van der Waals surface area contributed by atoms with Crippen LogP contribution in [-0.4, -0.2) is 54.1 Å². The SMILES string of the molecule is C/C(=N\Nc1ccc(S(=O)(=O)N(C)C)c2nonc12)[C@H]1CC[C@H]2[C@@H]3CC[C@@H]4C[C@H](O)CC[C@]4(C)[C@H]3CC[C@]12C. The number of hydrazone groups is 1. The molecule has 2 N–H and O–H groups in total. The van der Waals surface area contributed by atoms with Gasteiger partial charge in [-0.1, -0.05) is 13.8 Å². The van der Waals surface area contributed by atoms with Gasteiger partial charge in [-0.2, -0.15) is 5.10 Å². The second-order valence-corrected chi connectivity index (χ2v) is 15.6. The maximum atomic E-state index is 12.7. The Hall–Kier alpha value is -2.04. The Balaban J connectivity index is 1.22. The normalized spacial score (nSPS) is 38.9. The van der Waals surface area contributed by atoms with Gasteiger partial charge in [0.15, 0.2) is 11.0 Å². The predicted molar refractivity (Wildman–Crippen MR) is 151 cm³/mol. The van der Waals surface area contributed by atoms with E-state index in [-0.39, 0.29) is 21.9 Å². The van der Waals surface area contributed by atoms with Gasteiger partial charge in [-0.3, -0.25) is 5.43 Å². The van der Waals surface area contributed by atoms with Gasteiger partial charge in [-0.25, -0.2) is 17.4 Å². The number of nitrogens with zero attached hydrogens (tertiary/aromatic N) is 4. The molecule has 0 amide bonds. The highest BCUT2D eigenvalue weighted by Crippen LogP contribution is 2.67. The van der Waals surface area contributed by atoms with Crippen LogP contribution in [0, 0.1) is 40.4 Å². The number of aliphatic hydroxyl groups excluding tert-OH is 1. The fourth-order valence-electron chi connectivity index (χ4n) is 9.49. The molecule has 4 aliphatic carbocycles. The first-order valence-corrected chi connectivity index (χ1v) is 16.1. The zero-order valence-electron chi connectivity index (χ0n) is 23.9. The monoisotopic (exact) mass is 557 g/mol. The summed E-state index contributed by atoms with van der Waals surface area (Å²) in [6, 6.07) is 3.22. The van der Waals surface area contributed by atoms with Crippen LogP contribution in [0.1, 0.15) is 78.6 Å². The minimum Gasteiger partial charge on any atom is -0.393 e. The summed E-state index contributed by atoms with van der Waals surface area (Å²) in [6.07, 6.45) is 10.5. The van der Waals surface area contributed by atoms with Crippen molar-refractivity contribution in [3.8, 4) is 0 Å². The van der Waals surface area contributed by atoms with Gasteiger partial charge in [0.1, 0.15) is 4.90 Å². The van der Waals surface area contributed by atoms with Gasteiger partial charge in [0.05, 0.1) is 11.8 Å². The minimum absolute atomic E-state index is 0.0637. The van der Waals surface area contributed by atoms with E-state index in [1.807, 2.05) is 0 Å². The van der Waals surface area contributed by atoms with Gasteiger partial charge >= 0.3 is 0 Å². The third kappa shape index (κ3) is 4.15. The molecule has 10 heteroatoms. The first kappa shape index (κ1) is 27.1. The van der Waals surface area contributed by atoms with Crippen molar-refractivity contribution < 1.29 is 18.2 Å². The molecule has 0 radical (unpaired) electrons. The summed E-state index contributed by atoms with van der Waals surface area (Å²) in [4.78, 5) is 0.0637. The van der Waals surface area contributed by atoms with Gasteiger partial charge in [0.2, 0.25) is 10.0 Å². The molecule has 4 saturated carbocycles. The standard InChI is InChI=1S/C29H43N5O4S/c1-17(30-31-24-10-11-25(39(36,37)34(4)5)27-26(24)32-38-33-27)21-8-9-22-20-7-6-18-16-19(35)12-14-28(18,2)23(20)13-15-29(21,22)3/h10-11,18-23,31,35H,6-9,12-16H2,1-5H3/b30-17+/t18-,19-,20+,21-,22+,23+,28+,29-/m1/s1. The molecule has 214 valence electrons. The quantitative estimate of drug-likeness (QED) is 0.379. The lowest BCUT2D eigenvalue weighted by atomic mass is 9.44. The molecule has 39 heavy (non-hydrogen) atoms. The molecule has 8 atom stereocenters. The summed E-state index contributed by atoms with van der Waals surface area (Å²) in [5, 5.41) is 23.0. The lowest BCUT2D eigenvalue weighted by molar-refractivity contribution is -0.123. The van der Waals surface area contributed by atoms with E-state index in [2.05, 4.69) is 36.5 Å². The summed E-state index contributed by atoms with van der Waals surface area (Å²) in [7, 11) is -0.708. The lowest BCUT2D eigenvalue weighted by Gasteiger charge is -2.61. The highest BCUT2D eigenvalue weighted by Gasteiger charge is 2.60. The van der Waals surface area contributed by atoms with Gasteiger partial charge in [-0.05, 0) is 122 Å². The number of aromatic nitrogens is 2. The Morgan fingerprint density at radius 2 is 1.74 bits per heavy atom. The largest absolute Gasteiger partial charge is 0.393 e. The molecule has 1 aromatic carbocycles.